The maximum absolute atomic E-state index is 13.7. The van der Waals surface area contributed by atoms with Gasteiger partial charge in [0.25, 0.3) is 21.6 Å². The van der Waals surface area contributed by atoms with Crippen molar-refractivity contribution < 1.29 is 32.4 Å². The number of ether oxygens (including phenoxy) is 2. The standard InChI is InChI=1S/C27H28N4O8S/c1-38-24-9-5-4-8-22(24)29-40(36,37)25-17-20(10-11-23(25)30-12-6-3-7-13-30)28-26(32)18-14-19(27(33)39-2)16-21(15-18)31(34)35/h4-5,8-11,14-17,29H,3,6-7,12-13H2,1-2H3,(H,28,32). The van der Waals surface area contributed by atoms with Crippen molar-refractivity contribution in [2.24, 2.45) is 0 Å². The molecule has 0 unspecified atom stereocenters. The Kier molecular flexibility index (Phi) is 8.53. The Morgan fingerprint density at radius 2 is 1.65 bits per heavy atom. The van der Waals surface area contributed by atoms with Crippen LogP contribution in [0.25, 0.3) is 0 Å². The van der Waals surface area contributed by atoms with Crippen molar-refractivity contribution in [2.75, 3.05) is 42.2 Å². The van der Waals surface area contributed by atoms with Gasteiger partial charge in [0, 0.05) is 36.5 Å². The molecule has 12 nitrogen and oxygen atoms in total. The zero-order chi connectivity index (χ0) is 28.9. The molecule has 3 aromatic rings. The Hall–Kier alpha value is -4.65. The number of non-ortho nitro benzene ring substituents is 1. The lowest BCUT2D eigenvalue weighted by Gasteiger charge is -2.30. The molecule has 1 saturated heterocycles. The van der Waals surface area contributed by atoms with Crippen LogP contribution in [0.3, 0.4) is 0 Å². The van der Waals surface area contributed by atoms with Crippen LogP contribution < -0.4 is 19.7 Å². The maximum atomic E-state index is 13.7. The zero-order valence-corrected chi connectivity index (χ0v) is 22.7. The van der Waals surface area contributed by atoms with Crippen LogP contribution in [0.1, 0.15) is 40.0 Å². The summed E-state index contributed by atoms with van der Waals surface area (Å²) in [5.41, 5.74) is 0.0345. The Morgan fingerprint density at radius 3 is 2.33 bits per heavy atom. The third-order valence-electron chi connectivity index (χ3n) is 6.37. The second-order valence-corrected chi connectivity index (χ2v) is 10.7. The summed E-state index contributed by atoms with van der Waals surface area (Å²) in [6, 6.07) is 14.3. The third kappa shape index (κ3) is 6.31. The number of piperidine rings is 1. The van der Waals surface area contributed by atoms with Crippen molar-refractivity contribution in [3.8, 4) is 5.75 Å². The number of amides is 1. The number of rotatable bonds is 9. The molecule has 4 rings (SSSR count). The summed E-state index contributed by atoms with van der Waals surface area (Å²) in [4.78, 5) is 37.7. The number of benzene rings is 3. The predicted octanol–water partition coefficient (Wildman–Crippen LogP) is 4.43. The number of hydrogen-bond donors (Lipinski definition) is 2. The molecule has 0 atom stereocenters. The van der Waals surface area contributed by atoms with Crippen molar-refractivity contribution in [1.82, 2.24) is 0 Å². The Morgan fingerprint density at radius 1 is 0.950 bits per heavy atom. The number of anilines is 3. The average molecular weight is 569 g/mol. The minimum absolute atomic E-state index is 0.0626. The van der Waals surface area contributed by atoms with Gasteiger partial charge < -0.3 is 19.7 Å². The zero-order valence-electron chi connectivity index (χ0n) is 21.9. The van der Waals surface area contributed by atoms with Crippen molar-refractivity contribution in [1.29, 1.82) is 0 Å². The van der Waals surface area contributed by atoms with Crippen LogP contribution in [-0.4, -0.2) is 52.5 Å². The summed E-state index contributed by atoms with van der Waals surface area (Å²) in [6.45, 7) is 1.35. The highest BCUT2D eigenvalue weighted by molar-refractivity contribution is 7.93. The Bertz CT molecular complexity index is 1550. The average Bonchev–Trinajstić information content (AvgIpc) is 2.97. The molecule has 40 heavy (non-hydrogen) atoms. The van der Waals surface area contributed by atoms with Gasteiger partial charge in [-0.15, -0.1) is 0 Å². The molecule has 0 bridgehead atoms. The van der Waals surface area contributed by atoms with Crippen LogP contribution in [0.5, 0.6) is 5.75 Å². The van der Waals surface area contributed by atoms with Crippen molar-refractivity contribution in [2.45, 2.75) is 24.2 Å². The fourth-order valence-electron chi connectivity index (χ4n) is 4.42. The van der Waals surface area contributed by atoms with Crippen molar-refractivity contribution in [3.63, 3.8) is 0 Å². The van der Waals surface area contributed by atoms with Gasteiger partial charge in [-0.25, -0.2) is 13.2 Å². The largest absolute Gasteiger partial charge is 0.495 e. The van der Waals surface area contributed by atoms with Crippen LogP contribution in [-0.2, 0) is 14.8 Å². The van der Waals surface area contributed by atoms with Gasteiger partial charge in [-0.3, -0.25) is 19.6 Å². The molecule has 1 amide bonds. The normalized spacial score (nSPS) is 13.3. The van der Waals surface area contributed by atoms with Gasteiger partial charge in [-0.2, -0.15) is 0 Å². The molecule has 210 valence electrons. The number of nitrogens with zero attached hydrogens (tertiary/aromatic N) is 2. The molecule has 3 aromatic carbocycles. The molecule has 0 saturated carbocycles. The summed E-state index contributed by atoms with van der Waals surface area (Å²) in [6.07, 6.45) is 2.86. The van der Waals surface area contributed by atoms with E-state index in [1.165, 1.54) is 13.2 Å². The number of nitro benzene ring substituents is 1. The van der Waals surface area contributed by atoms with E-state index in [9.17, 15) is 28.1 Å². The molecule has 0 aliphatic carbocycles. The molecule has 0 radical (unpaired) electrons. The van der Waals surface area contributed by atoms with Crippen molar-refractivity contribution >= 4 is 44.6 Å². The third-order valence-corrected chi connectivity index (χ3v) is 7.76. The number of sulfonamides is 1. The molecule has 1 aliphatic rings. The van der Waals surface area contributed by atoms with Crippen molar-refractivity contribution in [3.05, 3.63) is 81.9 Å². The quantitative estimate of drug-likeness (QED) is 0.216. The summed E-state index contributed by atoms with van der Waals surface area (Å²) < 4.78 is 39.9. The molecular weight excluding hydrogens is 540 g/mol. The number of carbonyl (C=O) groups is 2. The van der Waals surface area contributed by atoms with Gasteiger partial charge in [0.05, 0.1) is 36.1 Å². The lowest BCUT2D eigenvalue weighted by Crippen LogP contribution is -2.31. The van der Waals surface area contributed by atoms with E-state index in [0.717, 1.165) is 44.6 Å². The monoisotopic (exact) mass is 568 g/mol. The van der Waals surface area contributed by atoms with Crippen LogP contribution in [0.15, 0.2) is 65.6 Å². The highest BCUT2D eigenvalue weighted by atomic mass is 32.2. The van der Waals surface area contributed by atoms with Crippen LogP contribution in [0, 0.1) is 10.1 Å². The first-order valence-electron chi connectivity index (χ1n) is 12.4. The Balaban J connectivity index is 1.72. The minimum Gasteiger partial charge on any atom is -0.495 e. The molecule has 0 aromatic heterocycles. The van der Waals surface area contributed by atoms with Crippen LogP contribution >= 0.6 is 0 Å². The molecule has 0 spiro atoms. The van der Waals surface area contributed by atoms with Gasteiger partial charge in [-0.1, -0.05) is 12.1 Å². The first kappa shape index (κ1) is 28.4. The maximum Gasteiger partial charge on any atom is 0.338 e. The number of methoxy groups -OCH3 is 2. The molecule has 1 aliphatic heterocycles. The first-order chi connectivity index (χ1) is 19.1. The van der Waals surface area contributed by atoms with Gasteiger partial charge in [0.2, 0.25) is 0 Å². The smallest absolute Gasteiger partial charge is 0.338 e. The number of hydrogen-bond acceptors (Lipinski definition) is 9. The number of para-hydroxylation sites is 2. The lowest BCUT2D eigenvalue weighted by molar-refractivity contribution is -0.384. The fraction of sp³-hybridized carbons (Fsp3) is 0.259. The van der Waals surface area contributed by atoms with Crippen LogP contribution in [0.2, 0.25) is 0 Å². The first-order valence-corrected chi connectivity index (χ1v) is 13.8. The van der Waals surface area contributed by atoms with E-state index in [1.807, 2.05) is 4.90 Å². The number of nitro groups is 1. The van der Waals surface area contributed by atoms with Gasteiger partial charge >= 0.3 is 5.97 Å². The van der Waals surface area contributed by atoms with E-state index >= 15 is 0 Å². The number of carbonyl (C=O) groups excluding carboxylic acids is 2. The van der Waals surface area contributed by atoms with E-state index in [-0.39, 0.29) is 27.4 Å². The highest BCUT2D eigenvalue weighted by Gasteiger charge is 2.26. The lowest BCUT2D eigenvalue weighted by atomic mass is 10.1. The second-order valence-electron chi connectivity index (χ2n) is 9.01. The van der Waals surface area contributed by atoms with E-state index in [0.29, 0.717) is 24.5 Å². The van der Waals surface area contributed by atoms with Gasteiger partial charge in [0.1, 0.15) is 10.6 Å². The fourth-order valence-corrected chi connectivity index (χ4v) is 5.74. The predicted molar refractivity (Wildman–Crippen MR) is 149 cm³/mol. The topological polar surface area (TPSA) is 157 Å². The second kappa shape index (κ2) is 12.0. The van der Waals surface area contributed by atoms with Gasteiger partial charge in [0.15, 0.2) is 0 Å². The molecule has 2 N–H and O–H groups in total. The summed E-state index contributed by atoms with van der Waals surface area (Å²) >= 11 is 0. The molecular formula is C27H28N4O8S. The van der Waals surface area contributed by atoms with E-state index in [1.54, 1.807) is 36.4 Å². The van der Waals surface area contributed by atoms with Crippen LogP contribution in [0.4, 0.5) is 22.7 Å². The van der Waals surface area contributed by atoms with E-state index < -0.39 is 32.5 Å². The van der Waals surface area contributed by atoms with Gasteiger partial charge in [-0.05, 0) is 55.7 Å². The summed E-state index contributed by atoms with van der Waals surface area (Å²) in [5, 5.41) is 14.0. The molecule has 13 heteroatoms. The highest BCUT2D eigenvalue weighted by Crippen LogP contribution is 2.34. The number of nitrogens with one attached hydrogen (secondary N) is 2. The molecule has 1 heterocycles. The summed E-state index contributed by atoms with van der Waals surface area (Å²) in [7, 11) is -1.61. The molecule has 1 fully saturated rings. The SMILES string of the molecule is COC(=O)c1cc(C(=O)Nc2ccc(N3CCCCC3)c(S(=O)(=O)Nc3ccccc3OC)c2)cc([N+](=O)[O-])c1. The Labute approximate surface area is 231 Å². The minimum atomic E-state index is -4.16. The number of esters is 1. The summed E-state index contributed by atoms with van der Waals surface area (Å²) in [5.74, 6) is -1.29. The van der Waals surface area contributed by atoms with E-state index in [4.69, 9.17) is 4.74 Å². The van der Waals surface area contributed by atoms with E-state index in [2.05, 4.69) is 14.8 Å².